The Morgan fingerprint density at radius 3 is 2.84 bits per heavy atom. The van der Waals surface area contributed by atoms with E-state index in [-0.39, 0.29) is 16.8 Å². The smallest absolute Gasteiger partial charge is 0.308 e. The number of aliphatic carboxylic acids is 1. The van der Waals surface area contributed by atoms with Gasteiger partial charge in [-0.3, -0.25) is 14.2 Å². The number of nitrogens with zero attached hydrogens (tertiary/aromatic N) is 1. The number of rotatable bonds is 3. The second kappa shape index (κ2) is 5.38. The van der Waals surface area contributed by atoms with Crippen molar-refractivity contribution in [1.29, 1.82) is 0 Å². The van der Waals surface area contributed by atoms with Gasteiger partial charge in [-0.15, -0.1) is 0 Å². The van der Waals surface area contributed by atoms with E-state index in [1.54, 1.807) is 24.3 Å². The van der Waals surface area contributed by atoms with Gasteiger partial charge >= 0.3 is 5.97 Å². The first-order valence-electron chi connectivity index (χ1n) is 5.30. The Morgan fingerprint density at radius 1 is 1.47 bits per heavy atom. The van der Waals surface area contributed by atoms with Crippen molar-refractivity contribution in [3.63, 3.8) is 0 Å². The molecule has 1 heterocycles. The molecule has 98 valence electrons. The van der Waals surface area contributed by atoms with Crippen molar-refractivity contribution in [2.24, 2.45) is 0 Å². The van der Waals surface area contributed by atoms with E-state index in [0.717, 1.165) is 0 Å². The monoisotopic (exact) mass is 296 g/mol. The summed E-state index contributed by atoms with van der Waals surface area (Å²) < 4.78 is 1.40. The molecule has 0 atom stereocenters. The molecule has 0 aliphatic rings. The zero-order chi connectivity index (χ0) is 14.0. The van der Waals surface area contributed by atoms with E-state index in [2.05, 4.69) is 4.98 Å². The second-order valence-corrected chi connectivity index (χ2v) is 4.63. The van der Waals surface area contributed by atoms with Crippen molar-refractivity contribution >= 4 is 29.8 Å². The van der Waals surface area contributed by atoms with E-state index in [0.29, 0.717) is 10.7 Å². The van der Waals surface area contributed by atoms with Crippen LogP contribution in [0.3, 0.4) is 0 Å². The van der Waals surface area contributed by atoms with E-state index >= 15 is 0 Å². The first-order valence-corrected chi connectivity index (χ1v) is 6.09. The lowest BCUT2D eigenvalue weighted by molar-refractivity contribution is -0.136. The van der Waals surface area contributed by atoms with Crippen molar-refractivity contribution in [3.05, 3.63) is 56.2 Å². The zero-order valence-corrected chi connectivity index (χ0v) is 11.2. The standard InChI is InChI=1S/C12H9ClN2O3S/c13-8-2-1-3-9(5-8)15-11(18)7(4-10(16)17)6-14-12(15)19/h1-3,5-6H,4H2,(H,14,19)(H,16,17). The molecule has 0 spiro atoms. The van der Waals surface area contributed by atoms with Crippen LogP contribution < -0.4 is 5.56 Å². The number of carbonyl (C=O) groups is 1. The summed E-state index contributed by atoms with van der Waals surface area (Å²) in [5.41, 5.74) is 0.153. The van der Waals surface area contributed by atoms with E-state index in [4.69, 9.17) is 28.9 Å². The topological polar surface area (TPSA) is 75.1 Å². The van der Waals surface area contributed by atoms with Gasteiger partial charge in [0, 0.05) is 16.8 Å². The van der Waals surface area contributed by atoms with Crippen molar-refractivity contribution in [3.8, 4) is 5.69 Å². The number of aromatic amines is 1. The molecule has 0 saturated heterocycles. The number of halogens is 1. The fourth-order valence-corrected chi connectivity index (χ4v) is 2.08. The summed E-state index contributed by atoms with van der Waals surface area (Å²) in [6.07, 6.45) is 0.950. The fourth-order valence-electron chi connectivity index (χ4n) is 1.65. The maximum atomic E-state index is 12.2. The summed E-state index contributed by atoms with van der Waals surface area (Å²) in [6, 6.07) is 6.60. The molecular weight excluding hydrogens is 288 g/mol. The molecule has 19 heavy (non-hydrogen) atoms. The lowest BCUT2D eigenvalue weighted by Gasteiger charge is -2.08. The predicted octanol–water partition coefficient (Wildman–Crippen LogP) is 2.18. The van der Waals surface area contributed by atoms with Crippen molar-refractivity contribution < 1.29 is 9.90 Å². The first-order chi connectivity index (χ1) is 8.99. The van der Waals surface area contributed by atoms with Gasteiger partial charge in [-0.2, -0.15) is 0 Å². The quantitative estimate of drug-likeness (QED) is 0.851. The van der Waals surface area contributed by atoms with Gasteiger partial charge < -0.3 is 10.1 Å². The SMILES string of the molecule is O=C(O)Cc1c[nH]c(=S)n(-c2cccc(Cl)c2)c1=O. The van der Waals surface area contributed by atoms with Gasteiger partial charge in [0.05, 0.1) is 12.1 Å². The molecule has 2 rings (SSSR count). The molecular formula is C12H9ClN2O3S. The van der Waals surface area contributed by atoms with Crippen LogP contribution in [0.5, 0.6) is 0 Å². The van der Waals surface area contributed by atoms with Gasteiger partial charge in [-0.1, -0.05) is 17.7 Å². The van der Waals surface area contributed by atoms with Crippen LogP contribution in [0.4, 0.5) is 0 Å². The maximum absolute atomic E-state index is 12.2. The Bertz CT molecular complexity index is 751. The molecule has 7 heteroatoms. The number of benzene rings is 1. The van der Waals surface area contributed by atoms with Gasteiger partial charge in [0.1, 0.15) is 0 Å². The molecule has 2 aromatic rings. The van der Waals surface area contributed by atoms with E-state index in [9.17, 15) is 9.59 Å². The summed E-state index contributed by atoms with van der Waals surface area (Å²) in [5, 5.41) is 9.22. The molecule has 5 nitrogen and oxygen atoms in total. The summed E-state index contributed by atoms with van der Waals surface area (Å²) in [4.78, 5) is 25.6. The Balaban J connectivity index is 2.66. The van der Waals surface area contributed by atoms with E-state index in [1.807, 2.05) is 0 Å². The molecule has 0 bridgehead atoms. The third-order valence-corrected chi connectivity index (χ3v) is 2.99. The van der Waals surface area contributed by atoms with Gasteiger partial charge in [-0.25, -0.2) is 0 Å². The zero-order valence-electron chi connectivity index (χ0n) is 9.59. The highest BCUT2D eigenvalue weighted by Crippen LogP contribution is 2.13. The Kier molecular flexibility index (Phi) is 3.82. The number of H-pyrrole nitrogens is 1. The highest BCUT2D eigenvalue weighted by molar-refractivity contribution is 7.71. The van der Waals surface area contributed by atoms with Crippen LogP contribution in [0.15, 0.2) is 35.3 Å². The molecule has 0 saturated carbocycles. The van der Waals surface area contributed by atoms with Crippen molar-refractivity contribution in [1.82, 2.24) is 9.55 Å². The van der Waals surface area contributed by atoms with E-state index in [1.165, 1.54) is 10.8 Å². The summed E-state index contributed by atoms with van der Waals surface area (Å²) in [6.45, 7) is 0. The normalized spacial score (nSPS) is 10.4. The predicted molar refractivity (Wildman–Crippen MR) is 73.6 cm³/mol. The van der Waals surface area contributed by atoms with Crippen molar-refractivity contribution in [2.75, 3.05) is 0 Å². The molecule has 0 aliphatic heterocycles. The molecule has 2 N–H and O–H groups in total. The highest BCUT2D eigenvalue weighted by atomic mass is 35.5. The van der Waals surface area contributed by atoms with Crippen LogP contribution in [0, 0.1) is 4.77 Å². The highest BCUT2D eigenvalue weighted by Gasteiger charge is 2.10. The first kappa shape index (κ1) is 13.5. The lowest BCUT2D eigenvalue weighted by Crippen LogP contribution is -2.25. The van der Waals surface area contributed by atoms with Gasteiger partial charge in [0.2, 0.25) is 0 Å². The van der Waals surface area contributed by atoms with Crippen LogP contribution in [0.2, 0.25) is 5.02 Å². The average molecular weight is 297 g/mol. The minimum atomic E-state index is -1.08. The number of hydrogen-bond acceptors (Lipinski definition) is 3. The molecule has 0 unspecified atom stereocenters. The molecule has 1 aromatic carbocycles. The Morgan fingerprint density at radius 2 is 2.21 bits per heavy atom. The van der Waals surface area contributed by atoms with Gasteiger partial charge in [-0.05, 0) is 30.4 Å². The number of carboxylic acids is 1. The largest absolute Gasteiger partial charge is 0.481 e. The van der Waals surface area contributed by atoms with E-state index < -0.39 is 11.5 Å². The number of carboxylic acid groups (broad SMARTS) is 1. The second-order valence-electron chi connectivity index (χ2n) is 3.81. The summed E-state index contributed by atoms with van der Waals surface area (Å²) in [5.74, 6) is -1.08. The van der Waals surface area contributed by atoms with Crippen LogP contribution in [-0.4, -0.2) is 20.6 Å². The van der Waals surface area contributed by atoms with Gasteiger partial charge in [0.25, 0.3) is 5.56 Å². The van der Waals surface area contributed by atoms with Crippen LogP contribution >= 0.6 is 23.8 Å². The fraction of sp³-hybridized carbons (Fsp3) is 0.0833. The Labute approximate surface area is 118 Å². The minimum Gasteiger partial charge on any atom is -0.481 e. The van der Waals surface area contributed by atoms with Gasteiger partial charge in [0.15, 0.2) is 4.77 Å². The molecule has 1 aromatic heterocycles. The number of nitrogens with one attached hydrogen (secondary N) is 1. The summed E-state index contributed by atoms with van der Waals surface area (Å²) >= 11 is 10.9. The third-order valence-electron chi connectivity index (χ3n) is 2.46. The van der Waals surface area contributed by atoms with Crippen LogP contribution in [0.1, 0.15) is 5.56 Å². The number of hydrogen-bond donors (Lipinski definition) is 2. The molecule has 0 radical (unpaired) electrons. The molecule has 0 amide bonds. The summed E-state index contributed by atoms with van der Waals surface area (Å²) in [7, 11) is 0. The third kappa shape index (κ3) is 2.91. The average Bonchev–Trinajstić information content (AvgIpc) is 2.33. The Hall–Kier alpha value is -1.92. The van der Waals surface area contributed by atoms with Crippen LogP contribution in [0.25, 0.3) is 5.69 Å². The molecule has 0 fully saturated rings. The van der Waals surface area contributed by atoms with Crippen LogP contribution in [-0.2, 0) is 11.2 Å². The lowest BCUT2D eigenvalue weighted by atomic mass is 10.2. The maximum Gasteiger partial charge on any atom is 0.308 e. The minimum absolute atomic E-state index is 0.126. The number of aromatic nitrogens is 2. The molecule has 0 aliphatic carbocycles. The van der Waals surface area contributed by atoms with Crippen molar-refractivity contribution in [2.45, 2.75) is 6.42 Å².